The summed E-state index contributed by atoms with van der Waals surface area (Å²) in [6, 6.07) is 4.57. The Morgan fingerprint density at radius 3 is 2.70 bits per heavy atom. The molecule has 0 aromatic heterocycles. The predicted octanol–water partition coefficient (Wildman–Crippen LogP) is 2.39. The van der Waals surface area contributed by atoms with Crippen LogP contribution in [-0.2, 0) is 4.79 Å². The minimum absolute atomic E-state index is 0. The molecule has 3 N–H and O–H groups in total. The summed E-state index contributed by atoms with van der Waals surface area (Å²) in [5.74, 6) is -0.344. The molecule has 1 aliphatic carbocycles. The molecule has 0 radical (unpaired) electrons. The number of halogens is 1. The molecule has 1 amide bonds. The van der Waals surface area contributed by atoms with Crippen molar-refractivity contribution in [1.82, 2.24) is 0 Å². The molecule has 1 fully saturated rings. The number of aryl methyl sites for hydroxylation is 1. The summed E-state index contributed by atoms with van der Waals surface area (Å²) >= 11 is 0. The van der Waals surface area contributed by atoms with E-state index in [0.29, 0.717) is 11.3 Å². The molecule has 1 saturated carbocycles. The van der Waals surface area contributed by atoms with Crippen LogP contribution >= 0.6 is 12.4 Å². The molecule has 20 heavy (non-hydrogen) atoms. The molecule has 0 bridgehead atoms. The van der Waals surface area contributed by atoms with E-state index in [9.17, 15) is 14.9 Å². The highest BCUT2D eigenvalue weighted by atomic mass is 35.5. The van der Waals surface area contributed by atoms with Crippen LogP contribution in [0.3, 0.4) is 0 Å². The minimum atomic E-state index is -0.452. The maximum Gasteiger partial charge on any atom is 0.274 e. The first-order chi connectivity index (χ1) is 8.99. The number of nitro benzene ring substituents is 1. The number of carbonyl (C=O) groups excluding carboxylic acids is 1. The molecule has 2 atom stereocenters. The number of hydrogen-bond acceptors (Lipinski definition) is 4. The van der Waals surface area contributed by atoms with Gasteiger partial charge in [0.2, 0.25) is 5.91 Å². The van der Waals surface area contributed by atoms with E-state index in [1.165, 1.54) is 6.07 Å². The van der Waals surface area contributed by atoms with Crippen LogP contribution in [0.25, 0.3) is 0 Å². The summed E-state index contributed by atoms with van der Waals surface area (Å²) in [5.41, 5.74) is 6.89. The van der Waals surface area contributed by atoms with Crippen molar-refractivity contribution in [3.05, 3.63) is 33.9 Å². The quantitative estimate of drug-likeness (QED) is 0.661. The molecule has 7 heteroatoms. The topological polar surface area (TPSA) is 98.3 Å². The first kappa shape index (κ1) is 16.4. The molecule has 6 nitrogen and oxygen atoms in total. The lowest BCUT2D eigenvalue weighted by molar-refractivity contribution is -0.385. The number of anilines is 1. The molecule has 110 valence electrons. The van der Waals surface area contributed by atoms with Gasteiger partial charge >= 0.3 is 0 Å². The van der Waals surface area contributed by atoms with Crippen molar-refractivity contribution >= 4 is 29.7 Å². The highest BCUT2D eigenvalue weighted by molar-refractivity contribution is 5.93. The van der Waals surface area contributed by atoms with E-state index in [1.807, 2.05) is 0 Å². The van der Waals surface area contributed by atoms with Crippen LogP contribution in [0.15, 0.2) is 18.2 Å². The average Bonchev–Trinajstić information content (AvgIpc) is 2.77. The zero-order chi connectivity index (χ0) is 14.0. The van der Waals surface area contributed by atoms with E-state index in [1.54, 1.807) is 19.1 Å². The third kappa shape index (κ3) is 3.46. The van der Waals surface area contributed by atoms with E-state index in [4.69, 9.17) is 5.73 Å². The Morgan fingerprint density at radius 1 is 1.45 bits per heavy atom. The lowest BCUT2D eigenvalue weighted by Gasteiger charge is -2.15. The number of benzene rings is 1. The van der Waals surface area contributed by atoms with Gasteiger partial charge in [0.15, 0.2) is 0 Å². The molecular weight excluding hydrogens is 282 g/mol. The third-order valence-corrected chi connectivity index (χ3v) is 3.58. The Balaban J connectivity index is 0.00000200. The largest absolute Gasteiger partial charge is 0.327 e. The molecule has 1 aliphatic rings. The molecule has 0 heterocycles. The molecule has 0 aliphatic heterocycles. The molecule has 1 aromatic rings. The summed E-state index contributed by atoms with van der Waals surface area (Å²) < 4.78 is 0. The van der Waals surface area contributed by atoms with E-state index < -0.39 is 4.92 Å². The number of amides is 1. The second-order valence-corrected chi connectivity index (χ2v) is 4.95. The fourth-order valence-electron chi connectivity index (χ4n) is 2.43. The summed E-state index contributed by atoms with van der Waals surface area (Å²) in [4.78, 5) is 22.4. The first-order valence-electron chi connectivity index (χ1n) is 6.30. The van der Waals surface area contributed by atoms with Crippen LogP contribution in [0.1, 0.15) is 24.8 Å². The van der Waals surface area contributed by atoms with Gasteiger partial charge in [-0.05, 0) is 25.8 Å². The second-order valence-electron chi connectivity index (χ2n) is 4.95. The maximum atomic E-state index is 12.0. The van der Waals surface area contributed by atoms with Gasteiger partial charge in [0, 0.05) is 23.4 Å². The Labute approximate surface area is 123 Å². The van der Waals surface area contributed by atoms with Gasteiger partial charge in [-0.2, -0.15) is 0 Å². The van der Waals surface area contributed by atoms with Gasteiger partial charge in [0.1, 0.15) is 0 Å². The van der Waals surface area contributed by atoms with Gasteiger partial charge in [-0.1, -0.05) is 12.5 Å². The number of hydrogen-bond donors (Lipinski definition) is 2. The fraction of sp³-hybridized carbons (Fsp3) is 0.462. The highest BCUT2D eigenvalue weighted by Gasteiger charge is 2.30. The Kier molecular flexibility index (Phi) is 5.47. The molecule has 0 saturated heterocycles. The molecular formula is C13H18ClN3O3. The van der Waals surface area contributed by atoms with Crippen LogP contribution < -0.4 is 11.1 Å². The Hall–Kier alpha value is -1.66. The summed E-state index contributed by atoms with van der Waals surface area (Å²) in [6.45, 7) is 1.66. The predicted molar refractivity (Wildman–Crippen MR) is 79.0 cm³/mol. The lowest BCUT2D eigenvalue weighted by Crippen LogP contribution is -2.34. The number of nitrogens with zero attached hydrogens (tertiary/aromatic N) is 1. The number of nitrogens with two attached hydrogens (primary N) is 1. The van der Waals surface area contributed by atoms with Gasteiger partial charge < -0.3 is 11.1 Å². The van der Waals surface area contributed by atoms with Gasteiger partial charge in [-0.25, -0.2) is 0 Å². The molecule has 2 rings (SSSR count). The summed E-state index contributed by atoms with van der Waals surface area (Å²) in [7, 11) is 0. The number of nitro groups is 1. The fourth-order valence-corrected chi connectivity index (χ4v) is 2.43. The van der Waals surface area contributed by atoms with Gasteiger partial charge in [-0.15, -0.1) is 12.4 Å². The summed E-state index contributed by atoms with van der Waals surface area (Å²) in [6.07, 6.45) is 2.58. The van der Waals surface area contributed by atoms with Crippen LogP contribution in [-0.4, -0.2) is 16.9 Å². The Bertz CT molecular complexity index is 522. The van der Waals surface area contributed by atoms with Crippen LogP contribution in [0.2, 0.25) is 0 Å². The first-order valence-corrected chi connectivity index (χ1v) is 6.30. The highest BCUT2D eigenvalue weighted by Crippen LogP contribution is 2.27. The lowest BCUT2D eigenvalue weighted by atomic mass is 10.0. The maximum absolute atomic E-state index is 12.0. The summed E-state index contributed by atoms with van der Waals surface area (Å²) in [5, 5.41) is 13.6. The third-order valence-electron chi connectivity index (χ3n) is 3.58. The normalized spacial score (nSPS) is 21.1. The Morgan fingerprint density at radius 2 is 2.15 bits per heavy atom. The number of nitrogens with one attached hydrogen (secondary N) is 1. The van der Waals surface area contributed by atoms with Gasteiger partial charge in [-0.3, -0.25) is 14.9 Å². The zero-order valence-electron chi connectivity index (χ0n) is 11.2. The van der Waals surface area contributed by atoms with Crippen molar-refractivity contribution in [3.63, 3.8) is 0 Å². The monoisotopic (exact) mass is 299 g/mol. The van der Waals surface area contributed by atoms with Crippen molar-refractivity contribution < 1.29 is 9.72 Å². The minimum Gasteiger partial charge on any atom is -0.327 e. The second kappa shape index (κ2) is 6.67. The van der Waals surface area contributed by atoms with Crippen molar-refractivity contribution in [2.45, 2.75) is 32.2 Å². The van der Waals surface area contributed by atoms with E-state index >= 15 is 0 Å². The molecule has 2 unspecified atom stereocenters. The average molecular weight is 300 g/mol. The van der Waals surface area contributed by atoms with Crippen molar-refractivity contribution in [3.8, 4) is 0 Å². The number of carbonyl (C=O) groups is 1. The van der Waals surface area contributed by atoms with E-state index in [0.717, 1.165) is 19.3 Å². The van der Waals surface area contributed by atoms with E-state index in [-0.39, 0.29) is 36.0 Å². The van der Waals surface area contributed by atoms with Gasteiger partial charge in [0.25, 0.3) is 5.69 Å². The van der Waals surface area contributed by atoms with Crippen molar-refractivity contribution in [2.75, 3.05) is 5.32 Å². The van der Waals surface area contributed by atoms with Crippen molar-refractivity contribution in [1.29, 1.82) is 0 Å². The van der Waals surface area contributed by atoms with Crippen molar-refractivity contribution in [2.24, 2.45) is 11.7 Å². The zero-order valence-corrected chi connectivity index (χ0v) is 12.0. The van der Waals surface area contributed by atoms with E-state index in [2.05, 4.69) is 5.32 Å². The smallest absolute Gasteiger partial charge is 0.274 e. The van der Waals surface area contributed by atoms with Crippen LogP contribution in [0, 0.1) is 23.0 Å². The SMILES string of the molecule is Cc1ccc(NC(=O)C2CCCC2N)cc1[N+](=O)[O-].Cl. The molecule has 0 spiro atoms. The van der Waals surface area contributed by atoms with Gasteiger partial charge in [0.05, 0.1) is 10.8 Å². The standard InChI is InChI=1S/C13H17N3O3.ClH/c1-8-5-6-9(7-12(8)16(18)19)15-13(17)10-3-2-4-11(10)14;/h5-7,10-11H,2-4,14H2,1H3,(H,15,17);1H. The van der Waals surface area contributed by atoms with Crippen LogP contribution in [0.5, 0.6) is 0 Å². The van der Waals surface area contributed by atoms with Crippen LogP contribution in [0.4, 0.5) is 11.4 Å². The molecule has 1 aromatic carbocycles. The number of rotatable bonds is 3.